The van der Waals surface area contributed by atoms with Crippen LogP contribution in [0.2, 0.25) is 23.2 Å². The zero-order chi connectivity index (χ0) is 18.5. The van der Waals surface area contributed by atoms with Crippen molar-refractivity contribution in [2.45, 2.75) is 63.1 Å². The third-order valence-electron chi connectivity index (χ3n) is 5.76. The SMILES string of the molecule is CCCCC[Si@H]1CC[C@H](c2ccc(-c3cc(F)c(Cl)c(F)c3)cc2)CC1. The fourth-order valence-corrected chi connectivity index (χ4v) is 7.73. The molecule has 0 aromatic heterocycles. The normalized spacial score (nSPS) is 20.3. The first-order valence-corrected chi connectivity index (χ1v) is 12.7. The Morgan fingerprint density at radius 2 is 1.58 bits per heavy atom. The summed E-state index contributed by atoms with van der Waals surface area (Å²) in [6.07, 6.45) is 6.76. The number of hydrogen-bond donors (Lipinski definition) is 0. The van der Waals surface area contributed by atoms with Crippen LogP contribution >= 0.6 is 11.6 Å². The van der Waals surface area contributed by atoms with Gasteiger partial charge in [-0.15, -0.1) is 0 Å². The molecule has 0 amide bonds. The summed E-state index contributed by atoms with van der Waals surface area (Å²) in [5, 5.41) is -0.440. The Morgan fingerprint density at radius 1 is 0.962 bits per heavy atom. The van der Waals surface area contributed by atoms with Crippen LogP contribution in [0, 0.1) is 11.6 Å². The highest BCUT2D eigenvalue weighted by atomic mass is 35.5. The summed E-state index contributed by atoms with van der Waals surface area (Å²) in [6.45, 7) is 2.27. The van der Waals surface area contributed by atoms with Crippen molar-refractivity contribution in [3.63, 3.8) is 0 Å². The van der Waals surface area contributed by atoms with Crippen LogP contribution in [0.3, 0.4) is 0 Å². The Kier molecular flexibility index (Phi) is 6.88. The Balaban J connectivity index is 1.62. The van der Waals surface area contributed by atoms with Crippen LogP contribution in [0.15, 0.2) is 36.4 Å². The van der Waals surface area contributed by atoms with Crippen LogP contribution in [0.4, 0.5) is 8.78 Å². The molecule has 0 saturated carbocycles. The van der Waals surface area contributed by atoms with Crippen LogP contribution in [0.1, 0.15) is 50.5 Å². The van der Waals surface area contributed by atoms with Crippen molar-refractivity contribution in [2.24, 2.45) is 0 Å². The molecule has 3 rings (SSSR count). The first-order chi connectivity index (χ1) is 12.6. The summed E-state index contributed by atoms with van der Waals surface area (Å²) in [6, 6.07) is 15.2. The number of rotatable bonds is 6. The van der Waals surface area contributed by atoms with Gasteiger partial charge in [0.15, 0.2) is 0 Å². The van der Waals surface area contributed by atoms with Crippen molar-refractivity contribution >= 4 is 20.4 Å². The molecule has 0 spiro atoms. The molecule has 4 heteroatoms. The maximum atomic E-state index is 13.7. The topological polar surface area (TPSA) is 0 Å². The lowest BCUT2D eigenvalue weighted by Gasteiger charge is -2.28. The molecule has 1 aliphatic rings. The van der Waals surface area contributed by atoms with Crippen molar-refractivity contribution in [1.29, 1.82) is 0 Å². The molecule has 1 heterocycles. The van der Waals surface area contributed by atoms with Gasteiger partial charge in [0.05, 0.1) is 0 Å². The van der Waals surface area contributed by atoms with Crippen molar-refractivity contribution < 1.29 is 8.78 Å². The van der Waals surface area contributed by atoms with Crippen LogP contribution in [0.5, 0.6) is 0 Å². The lowest BCUT2D eigenvalue weighted by atomic mass is 9.92. The maximum Gasteiger partial charge on any atom is 0.145 e. The third-order valence-corrected chi connectivity index (χ3v) is 9.65. The van der Waals surface area contributed by atoms with E-state index in [4.69, 9.17) is 11.6 Å². The first kappa shape index (κ1) is 19.6. The largest absolute Gasteiger partial charge is 0.205 e. The highest BCUT2D eigenvalue weighted by Crippen LogP contribution is 2.36. The maximum absolute atomic E-state index is 13.7. The van der Waals surface area contributed by atoms with Gasteiger partial charge in [-0.25, -0.2) is 8.78 Å². The van der Waals surface area contributed by atoms with E-state index in [1.165, 1.54) is 67.9 Å². The van der Waals surface area contributed by atoms with Gasteiger partial charge >= 0.3 is 0 Å². The molecule has 2 aromatic carbocycles. The van der Waals surface area contributed by atoms with Crippen LogP contribution < -0.4 is 0 Å². The molecule has 0 unspecified atom stereocenters. The van der Waals surface area contributed by atoms with Crippen LogP contribution in [-0.4, -0.2) is 8.80 Å². The standard InChI is InChI=1S/C22H27ClF2Si/c1-2-3-4-11-26-12-9-18(10-13-26)16-5-7-17(8-6-16)19-14-20(24)22(23)21(25)15-19/h5-8,14-15,18,26H,2-4,9-13H2,1H3/t18-,26-. The molecule has 0 N–H and O–H groups in total. The molecular weight excluding hydrogens is 366 g/mol. The second-order valence-corrected chi connectivity index (χ2v) is 11.4. The minimum atomic E-state index is -0.711. The molecule has 1 saturated heterocycles. The van der Waals surface area contributed by atoms with E-state index in [1.807, 2.05) is 12.1 Å². The van der Waals surface area contributed by atoms with E-state index in [1.54, 1.807) is 0 Å². The Labute approximate surface area is 162 Å². The van der Waals surface area contributed by atoms with Crippen LogP contribution in [0.25, 0.3) is 11.1 Å². The van der Waals surface area contributed by atoms with E-state index in [9.17, 15) is 8.78 Å². The molecule has 1 aliphatic heterocycles. The average Bonchev–Trinajstić information content (AvgIpc) is 2.67. The number of benzene rings is 2. The van der Waals surface area contributed by atoms with E-state index in [0.29, 0.717) is 11.5 Å². The van der Waals surface area contributed by atoms with Gasteiger partial charge in [-0.05, 0) is 47.6 Å². The Morgan fingerprint density at radius 3 is 2.15 bits per heavy atom. The molecule has 140 valence electrons. The molecule has 0 nitrogen and oxygen atoms in total. The van der Waals surface area contributed by atoms with Crippen LogP contribution in [-0.2, 0) is 0 Å². The fraction of sp³-hybridized carbons (Fsp3) is 0.455. The second-order valence-electron chi connectivity index (χ2n) is 7.59. The second kappa shape index (κ2) is 9.14. The lowest BCUT2D eigenvalue weighted by molar-refractivity contribution is 0.585. The van der Waals surface area contributed by atoms with Gasteiger partial charge in [0.1, 0.15) is 16.7 Å². The predicted octanol–water partition coefficient (Wildman–Crippen LogP) is 7.58. The zero-order valence-corrected chi connectivity index (χ0v) is 17.3. The van der Waals surface area contributed by atoms with Gasteiger partial charge in [-0.3, -0.25) is 0 Å². The molecule has 1 fully saturated rings. The summed E-state index contributed by atoms with van der Waals surface area (Å²) in [7, 11) is -0.491. The van der Waals surface area contributed by atoms with Gasteiger partial charge in [-0.2, -0.15) is 0 Å². The van der Waals surface area contributed by atoms with E-state index in [0.717, 1.165) is 5.56 Å². The highest BCUT2D eigenvalue weighted by Gasteiger charge is 2.23. The van der Waals surface area contributed by atoms with Gasteiger partial charge < -0.3 is 0 Å². The Hall–Kier alpha value is -1.19. The molecular formula is C22H27ClF2Si. The van der Waals surface area contributed by atoms with Gasteiger partial charge in [0.25, 0.3) is 0 Å². The first-order valence-electron chi connectivity index (χ1n) is 9.83. The fourth-order valence-electron chi connectivity index (χ4n) is 4.14. The summed E-state index contributed by atoms with van der Waals surface area (Å²) in [5.74, 6) is -0.771. The number of hydrogen-bond acceptors (Lipinski definition) is 0. The quantitative estimate of drug-likeness (QED) is 0.270. The minimum absolute atomic E-state index is 0.440. The van der Waals surface area contributed by atoms with E-state index < -0.39 is 25.5 Å². The van der Waals surface area contributed by atoms with Gasteiger partial charge in [0.2, 0.25) is 0 Å². The predicted molar refractivity (Wildman–Crippen MR) is 110 cm³/mol. The van der Waals surface area contributed by atoms with E-state index in [2.05, 4.69) is 19.1 Å². The molecule has 2 aromatic rings. The van der Waals surface area contributed by atoms with E-state index in [-0.39, 0.29) is 0 Å². The number of unbranched alkanes of at least 4 members (excludes halogenated alkanes) is 2. The Bertz CT molecular complexity index is 698. The smallest absolute Gasteiger partial charge is 0.145 e. The van der Waals surface area contributed by atoms with Crippen molar-refractivity contribution in [3.8, 4) is 11.1 Å². The minimum Gasteiger partial charge on any atom is -0.205 e. The molecule has 0 bridgehead atoms. The van der Waals surface area contributed by atoms with Crippen molar-refractivity contribution in [2.75, 3.05) is 0 Å². The molecule has 0 aliphatic carbocycles. The summed E-state index contributed by atoms with van der Waals surface area (Å²) in [4.78, 5) is 0. The molecule has 26 heavy (non-hydrogen) atoms. The highest BCUT2D eigenvalue weighted by molar-refractivity contribution is 6.59. The zero-order valence-electron chi connectivity index (χ0n) is 15.4. The van der Waals surface area contributed by atoms with Crippen molar-refractivity contribution in [1.82, 2.24) is 0 Å². The average molecular weight is 393 g/mol. The van der Waals surface area contributed by atoms with E-state index >= 15 is 0 Å². The summed E-state index contributed by atoms with van der Waals surface area (Å²) in [5.41, 5.74) is 2.72. The monoisotopic (exact) mass is 392 g/mol. The van der Waals surface area contributed by atoms with Crippen molar-refractivity contribution in [3.05, 3.63) is 58.6 Å². The van der Waals surface area contributed by atoms with Gasteiger partial charge in [0, 0.05) is 8.80 Å². The van der Waals surface area contributed by atoms with Gasteiger partial charge in [-0.1, -0.05) is 80.2 Å². The molecule has 0 atom stereocenters. The molecule has 0 radical (unpaired) electrons. The summed E-state index contributed by atoms with van der Waals surface area (Å²) < 4.78 is 27.4. The number of halogens is 3. The lowest BCUT2D eigenvalue weighted by Crippen LogP contribution is -2.20. The summed E-state index contributed by atoms with van der Waals surface area (Å²) >= 11 is 5.57. The third kappa shape index (κ3) is 4.75.